The molecule has 0 aliphatic carbocycles. The van der Waals surface area contributed by atoms with Gasteiger partial charge in [-0.15, -0.1) is 0 Å². The molecule has 0 saturated carbocycles. The lowest BCUT2D eigenvalue weighted by atomic mass is 10.1. The Hall–Kier alpha value is -2.30. The van der Waals surface area contributed by atoms with E-state index in [1.807, 2.05) is 18.2 Å². The number of carboxylic acids is 1. The summed E-state index contributed by atoms with van der Waals surface area (Å²) in [4.78, 5) is 24.5. The summed E-state index contributed by atoms with van der Waals surface area (Å²) in [7, 11) is 1.56. The van der Waals surface area contributed by atoms with E-state index in [2.05, 4.69) is 0 Å². The first kappa shape index (κ1) is 13.1. The summed E-state index contributed by atoms with van der Waals surface area (Å²) >= 11 is 0. The second-order valence-corrected chi connectivity index (χ2v) is 4.31. The number of amides is 1. The molecule has 5 nitrogen and oxygen atoms in total. The Balaban J connectivity index is 2.36. The van der Waals surface area contributed by atoms with E-state index in [0.29, 0.717) is 11.3 Å². The number of anilines is 1. The van der Waals surface area contributed by atoms with Crippen molar-refractivity contribution in [2.45, 2.75) is 13.3 Å². The molecule has 1 amide bonds. The highest BCUT2D eigenvalue weighted by Gasteiger charge is 2.29. The van der Waals surface area contributed by atoms with Crippen molar-refractivity contribution in [3.8, 4) is 0 Å². The summed E-state index contributed by atoms with van der Waals surface area (Å²) in [5.74, 6) is -2.58. The van der Waals surface area contributed by atoms with Crippen molar-refractivity contribution >= 4 is 28.5 Å². The van der Waals surface area contributed by atoms with Crippen molar-refractivity contribution in [1.29, 1.82) is 0 Å². The molecule has 5 heteroatoms. The number of nitrogens with zero attached hydrogens (tertiary/aromatic N) is 1. The van der Waals surface area contributed by atoms with Crippen LogP contribution in [-0.4, -0.2) is 24.0 Å². The van der Waals surface area contributed by atoms with E-state index >= 15 is 0 Å². The van der Waals surface area contributed by atoms with Crippen LogP contribution in [0.25, 0.3) is 11.0 Å². The molecule has 0 aliphatic heterocycles. The van der Waals surface area contributed by atoms with E-state index in [-0.39, 0.29) is 6.42 Å². The fraction of sp³-hybridized carbons (Fsp3) is 0.286. The van der Waals surface area contributed by atoms with Gasteiger partial charge in [-0.1, -0.05) is 19.1 Å². The lowest BCUT2D eigenvalue weighted by Crippen LogP contribution is -2.36. The van der Waals surface area contributed by atoms with Crippen LogP contribution in [0.5, 0.6) is 0 Å². The van der Waals surface area contributed by atoms with Crippen molar-refractivity contribution in [1.82, 2.24) is 0 Å². The second-order valence-electron chi connectivity index (χ2n) is 4.31. The monoisotopic (exact) mass is 261 g/mol. The molecule has 0 aliphatic rings. The quantitative estimate of drug-likeness (QED) is 0.858. The summed E-state index contributed by atoms with van der Waals surface area (Å²) in [5, 5.41) is 9.82. The number of rotatable bonds is 4. The maximum Gasteiger partial charge on any atom is 0.316 e. The number of carbonyl (C=O) groups excluding carboxylic acids is 1. The van der Waals surface area contributed by atoms with Crippen LogP contribution in [0.4, 0.5) is 5.69 Å². The molecule has 19 heavy (non-hydrogen) atoms. The van der Waals surface area contributed by atoms with Gasteiger partial charge in [-0.25, -0.2) is 0 Å². The fourth-order valence-electron chi connectivity index (χ4n) is 2.03. The highest BCUT2D eigenvalue weighted by atomic mass is 16.4. The first-order valence-electron chi connectivity index (χ1n) is 6.02. The number of para-hydroxylation sites is 1. The summed E-state index contributed by atoms with van der Waals surface area (Å²) < 4.78 is 5.35. The van der Waals surface area contributed by atoms with Gasteiger partial charge in [-0.05, 0) is 18.6 Å². The fourth-order valence-corrected chi connectivity index (χ4v) is 2.03. The van der Waals surface area contributed by atoms with Crippen LogP contribution in [0.2, 0.25) is 0 Å². The molecule has 0 spiro atoms. The number of carboxylic acid groups (broad SMARTS) is 1. The van der Waals surface area contributed by atoms with Gasteiger partial charge in [-0.3, -0.25) is 9.59 Å². The lowest BCUT2D eigenvalue weighted by Gasteiger charge is -2.19. The van der Waals surface area contributed by atoms with Crippen LogP contribution in [-0.2, 0) is 9.59 Å². The maximum absolute atomic E-state index is 12.2. The largest absolute Gasteiger partial charge is 0.481 e. The Bertz CT molecular complexity index is 617. The number of carbonyl (C=O) groups is 2. The average Bonchev–Trinajstić information content (AvgIpc) is 2.82. The average molecular weight is 261 g/mol. The highest BCUT2D eigenvalue weighted by Crippen LogP contribution is 2.29. The first-order chi connectivity index (χ1) is 9.06. The van der Waals surface area contributed by atoms with Crippen molar-refractivity contribution in [3.63, 3.8) is 0 Å². The number of furan rings is 1. The van der Waals surface area contributed by atoms with E-state index in [1.165, 1.54) is 11.2 Å². The number of fused-ring (bicyclic) bond motifs is 1. The van der Waals surface area contributed by atoms with Gasteiger partial charge in [0, 0.05) is 12.4 Å². The first-order valence-corrected chi connectivity index (χ1v) is 6.02. The smallest absolute Gasteiger partial charge is 0.316 e. The molecule has 0 fully saturated rings. The molecule has 1 N–H and O–H groups in total. The Morgan fingerprint density at radius 2 is 2.05 bits per heavy atom. The SMILES string of the molecule is CCC(C(=O)O)C(=O)N(C)c1coc2ccccc12. The molecule has 1 aromatic heterocycles. The van der Waals surface area contributed by atoms with Gasteiger partial charge in [0.15, 0.2) is 0 Å². The molecule has 1 atom stereocenters. The van der Waals surface area contributed by atoms with Crippen LogP contribution in [0.3, 0.4) is 0 Å². The number of benzene rings is 1. The molecule has 0 radical (unpaired) electrons. The molecule has 2 aromatic rings. The Morgan fingerprint density at radius 1 is 1.37 bits per heavy atom. The van der Waals surface area contributed by atoms with Crippen LogP contribution < -0.4 is 4.90 Å². The summed E-state index contributed by atoms with van der Waals surface area (Å²) in [6, 6.07) is 7.31. The molecule has 1 unspecified atom stereocenters. The van der Waals surface area contributed by atoms with Crippen LogP contribution in [0.15, 0.2) is 34.9 Å². The van der Waals surface area contributed by atoms with Gasteiger partial charge in [0.2, 0.25) is 5.91 Å². The number of hydrogen-bond acceptors (Lipinski definition) is 3. The third-order valence-corrected chi connectivity index (χ3v) is 3.16. The van der Waals surface area contributed by atoms with E-state index in [1.54, 1.807) is 20.0 Å². The Morgan fingerprint density at radius 3 is 2.68 bits per heavy atom. The molecule has 0 bridgehead atoms. The highest BCUT2D eigenvalue weighted by molar-refractivity contribution is 6.09. The number of hydrogen-bond donors (Lipinski definition) is 1. The maximum atomic E-state index is 12.2. The minimum atomic E-state index is -1.10. The van der Waals surface area contributed by atoms with Crippen molar-refractivity contribution < 1.29 is 19.1 Å². The van der Waals surface area contributed by atoms with Gasteiger partial charge in [0.05, 0.1) is 5.69 Å². The molecular weight excluding hydrogens is 246 g/mol. The summed E-state index contributed by atoms with van der Waals surface area (Å²) in [6.07, 6.45) is 1.73. The Kier molecular flexibility index (Phi) is 3.55. The minimum Gasteiger partial charge on any atom is -0.481 e. The van der Waals surface area contributed by atoms with Gasteiger partial charge < -0.3 is 14.4 Å². The third-order valence-electron chi connectivity index (χ3n) is 3.16. The molecule has 0 saturated heterocycles. The second kappa shape index (κ2) is 5.14. The minimum absolute atomic E-state index is 0.258. The summed E-state index contributed by atoms with van der Waals surface area (Å²) in [5.41, 5.74) is 1.25. The zero-order chi connectivity index (χ0) is 14.0. The van der Waals surface area contributed by atoms with Gasteiger partial charge in [0.25, 0.3) is 0 Å². The zero-order valence-corrected chi connectivity index (χ0v) is 10.8. The molecule has 1 aromatic carbocycles. The van der Waals surface area contributed by atoms with Gasteiger partial charge >= 0.3 is 5.97 Å². The van der Waals surface area contributed by atoms with E-state index in [9.17, 15) is 9.59 Å². The molecule has 2 rings (SSSR count). The van der Waals surface area contributed by atoms with Crippen molar-refractivity contribution in [2.24, 2.45) is 5.92 Å². The topological polar surface area (TPSA) is 70.8 Å². The Labute approximate surface area is 110 Å². The standard InChI is InChI=1S/C14H15NO4/c1-3-9(14(17)18)13(16)15(2)11-8-19-12-7-5-4-6-10(11)12/h4-9H,3H2,1-2H3,(H,17,18). The van der Waals surface area contributed by atoms with E-state index in [0.717, 1.165) is 5.39 Å². The van der Waals surface area contributed by atoms with Crippen LogP contribution >= 0.6 is 0 Å². The van der Waals surface area contributed by atoms with Crippen molar-refractivity contribution in [2.75, 3.05) is 11.9 Å². The normalized spacial score (nSPS) is 12.3. The molecule has 1 heterocycles. The van der Waals surface area contributed by atoms with Gasteiger partial charge in [0.1, 0.15) is 17.8 Å². The lowest BCUT2D eigenvalue weighted by molar-refractivity contribution is -0.146. The van der Waals surface area contributed by atoms with Crippen LogP contribution in [0, 0.1) is 5.92 Å². The third kappa shape index (κ3) is 2.31. The predicted molar refractivity (Wildman–Crippen MR) is 71.0 cm³/mol. The molecule has 100 valence electrons. The summed E-state index contributed by atoms with van der Waals surface area (Å²) in [6.45, 7) is 1.68. The van der Waals surface area contributed by atoms with E-state index < -0.39 is 17.8 Å². The molecular formula is C14H15NO4. The zero-order valence-electron chi connectivity index (χ0n) is 10.8. The van der Waals surface area contributed by atoms with E-state index in [4.69, 9.17) is 9.52 Å². The number of aliphatic carboxylic acids is 1. The van der Waals surface area contributed by atoms with Crippen molar-refractivity contribution in [3.05, 3.63) is 30.5 Å². The van der Waals surface area contributed by atoms with Gasteiger partial charge in [-0.2, -0.15) is 0 Å². The van der Waals surface area contributed by atoms with Crippen LogP contribution in [0.1, 0.15) is 13.3 Å². The predicted octanol–water partition coefficient (Wildman–Crippen LogP) is 2.51.